The third-order valence-corrected chi connectivity index (χ3v) is 15.3. The summed E-state index contributed by atoms with van der Waals surface area (Å²) < 4.78 is 14.0. The first-order valence-electron chi connectivity index (χ1n) is 23.7. The molecule has 1 aliphatic rings. The van der Waals surface area contributed by atoms with Gasteiger partial charge in [0.1, 0.15) is 23.2 Å². The first-order valence-corrected chi connectivity index (χ1v) is 24.5. The van der Waals surface area contributed by atoms with E-state index in [0.717, 1.165) is 66.7 Å². The largest absolute Gasteiger partial charge is 0.456 e. The monoisotopic (exact) mass is 913 g/mol. The van der Waals surface area contributed by atoms with Gasteiger partial charge in [0.25, 0.3) is 0 Å². The SMILES string of the molecule is c1ccc(C2N=C(c3cccc(-n4c5ccccc5c5ccccc54)c3)N=C(c3cccc4oc5ccc(-c6cccc7sc8cccc(-n9c%10ccccc%10c%10ccccc%109)c8c67)cc5c34)N2)cc1. The van der Waals surface area contributed by atoms with Crippen molar-refractivity contribution in [2.75, 3.05) is 0 Å². The van der Waals surface area contributed by atoms with Gasteiger partial charge in [-0.25, -0.2) is 9.98 Å². The highest BCUT2D eigenvalue weighted by atomic mass is 32.1. The molecule has 6 nitrogen and oxygen atoms in total. The number of furan rings is 1. The molecule has 0 amide bonds. The Hall–Kier alpha value is -9.04. The number of nitrogens with zero attached hydrogens (tertiary/aromatic N) is 4. The van der Waals surface area contributed by atoms with Crippen molar-refractivity contribution in [3.05, 3.63) is 241 Å². The van der Waals surface area contributed by atoms with E-state index in [0.29, 0.717) is 5.84 Å². The van der Waals surface area contributed by atoms with Crippen molar-refractivity contribution >= 4 is 109 Å². The van der Waals surface area contributed by atoms with Crippen LogP contribution in [0.4, 0.5) is 0 Å². The van der Waals surface area contributed by atoms with Crippen LogP contribution in [0.25, 0.3) is 108 Å². The Bertz CT molecular complexity index is 4420. The highest BCUT2D eigenvalue weighted by molar-refractivity contribution is 7.26. The van der Waals surface area contributed by atoms with Crippen LogP contribution in [0.5, 0.6) is 0 Å². The molecular formula is C63H39N5OS. The molecule has 1 unspecified atom stereocenters. The number of rotatable bonds is 6. The summed E-state index contributed by atoms with van der Waals surface area (Å²) in [6.45, 7) is 0. The number of hydrogen-bond acceptors (Lipinski definition) is 5. The van der Waals surface area contributed by atoms with Crippen molar-refractivity contribution in [2.45, 2.75) is 6.17 Å². The number of hydrogen-bond donors (Lipinski definition) is 1. The van der Waals surface area contributed by atoms with Gasteiger partial charge in [0.05, 0.1) is 27.8 Å². The average Bonchev–Trinajstić information content (AvgIpc) is 4.19. The van der Waals surface area contributed by atoms with E-state index in [2.05, 4.69) is 233 Å². The Morgan fingerprint density at radius 3 is 1.74 bits per heavy atom. The van der Waals surface area contributed by atoms with Crippen molar-refractivity contribution in [2.24, 2.45) is 9.98 Å². The minimum absolute atomic E-state index is 0.377. The number of amidine groups is 2. The van der Waals surface area contributed by atoms with Crippen LogP contribution in [-0.4, -0.2) is 20.8 Å². The predicted octanol–water partition coefficient (Wildman–Crippen LogP) is 16.3. The summed E-state index contributed by atoms with van der Waals surface area (Å²) in [5.41, 5.74) is 13.8. The molecule has 0 bridgehead atoms. The lowest BCUT2D eigenvalue weighted by Crippen LogP contribution is -2.33. The lowest BCUT2D eigenvalue weighted by molar-refractivity contribution is 0.668. The van der Waals surface area contributed by atoms with Crippen molar-refractivity contribution in [3.8, 4) is 22.5 Å². The number of fused-ring (bicyclic) bond motifs is 12. The smallest absolute Gasteiger partial charge is 0.159 e. The Kier molecular flexibility index (Phi) is 8.49. The number of aromatic nitrogens is 2. The van der Waals surface area contributed by atoms with Crippen molar-refractivity contribution in [1.29, 1.82) is 0 Å². The molecule has 0 spiro atoms. The number of benzene rings is 10. The van der Waals surface area contributed by atoms with Crippen LogP contribution in [0.3, 0.4) is 0 Å². The van der Waals surface area contributed by atoms with Gasteiger partial charge in [0.15, 0.2) is 5.84 Å². The van der Waals surface area contributed by atoms with Gasteiger partial charge in [0.2, 0.25) is 0 Å². The maximum atomic E-state index is 6.70. The average molecular weight is 914 g/mol. The van der Waals surface area contributed by atoms with Crippen LogP contribution in [0.15, 0.2) is 239 Å². The third-order valence-electron chi connectivity index (χ3n) is 14.2. The van der Waals surface area contributed by atoms with Crippen LogP contribution in [0.2, 0.25) is 0 Å². The Morgan fingerprint density at radius 1 is 0.429 bits per heavy atom. The quantitative estimate of drug-likeness (QED) is 0.181. The molecule has 0 fully saturated rings. The molecule has 0 aliphatic carbocycles. The van der Waals surface area contributed by atoms with E-state index < -0.39 is 0 Å². The van der Waals surface area contributed by atoms with Gasteiger partial charge in [-0.15, -0.1) is 11.3 Å². The number of aliphatic imine (C=N–C) groups is 2. The van der Waals surface area contributed by atoms with Crippen molar-refractivity contribution in [3.63, 3.8) is 0 Å². The highest BCUT2D eigenvalue weighted by Crippen LogP contribution is 2.46. The van der Waals surface area contributed by atoms with E-state index in [4.69, 9.17) is 14.4 Å². The van der Waals surface area contributed by atoms with E-state index in [9.17, 15) is 0 Å². The first-order chi connectivity index (χ1) is 34.7. The summed E-state index contributed by atoms with van der Waals surface area (Å²) >= 11 is 1.85. The summed E-state index contributed by atoms with van der Waals surface area (Å²) in [6, 6.07) is 80.2. The van der Waals surface area contributed by atoms with Gasteiger partial charge in [-0.3, -0.25) is 0 Å². The summed E-state index contributed by atoms with van der Waals surface area (Å²) in [4.78, 5) is 10.7. The van der Waals surface area contributed by atoms with E-state index in [-0.39, 0.29) is 6.17 Å². The van der Waals surface area contributed by atoms with Crippen LogP contribution in [0.1, 0.15) is 22.9 Å². The highest BCUT2D eigenvalue weighted by Gasteiger charge is 2.25. The third kappa shape index (κ3) is 5.85. The van der Waals surface area contributed by atoms with Gasteiger partial charge < -0.3 is 18.9 Å². The fraction of sp³-hybridized carbons (Fsp3) is 0.0159. The summed E-state index contributed by atoms with van der Waals surface area (Å²) in [5.74, 6) is 1.40. The standard InChI is InChI=1S/C63H39N5OS/c1-2-16-38(17-3-1)61-64-62(40-18-12-19-41(36-40)67-49-26-8-4-20-43(49)44-21-5-9-27-50(44)67)66-63(65-61)47-25-13-31-55-58(47)48-37-39(34-35-54(48)69-55)42-24-14-32-56-59(42)60-53(30-15-33-57(60)70-56)68-51-28-10-6-22-45(51)46-23-7-11-29-52(46)68/h1-37,61H,(H,64,65,66). The van der Waals surface area contributed by atoms with E-state index in [1.165, 1.54) is 64.0 Å². The van der Waals surface area contributed by atoms with Gasteiger partial charge in [-0.2, -0.15) is 0 Å². The van der Waals surface area contributed by atoms with Crippen molar-refractivity contribution < 1.29 is 4.42 Å². The van der Waals surface area contributed by atoms with Crippen LogP contribution >= 0.6 is 11.3 Å². The predicted molar refractivity (Wildman–Crippen MR) is 293 cm³/mol. The molecule has 10 aromatic carbocycles. The lowest BCUT2D eigenvalue weighted by atomic mass is 9.96. The second-order valence-corrected chi connectivity index (χ2v) is 19.2. The molecule has 1 aliphatic heterocycles. The van der Waals surface area contributed by atoms with Crippen LogP contribution in [0, 0.1) is 0 Å². The molecule has 15 rings (SSSR count). The molecule has 14 aromatic rings. The first kappa shape index (κ1) is 39.0. The maximum Gasteiger partial charge on any atom is 0.159 e. The molecule has 1 N–H and O–H groups in total. The fourth-order valence-corrected chi connectivity index (χ4v) is 12.3. The zero-order valence-corrected chi connectivity index (χ0v) is 38.4. The van der Waals surface area contributed by atoms with E-state index in [1.807, 2.05) is 17.4 Å². The Balaban J connectivity index is 0.904. The van der Waals surface area contributed by atoms with E-state index >= 15 is 0 Å². The topological polar surface area (TPSA) is 59.8 Å². The summed E-state index contributed by atoms with van der Waals surface area (Å²) in [6.07, 6.45) is -0.377. The molecule has 70 heavy (non-hydrogen) atoms. The number of thiophene rings is 1. The minimum Gasteiger partial charge on any atom is -0.456 e. The normalized spacial score (nSPS) is 14.1. The lowest BCUT2D eigenvalue weighted by Gasteiger charge is -2.24. The number of nitrogens with one attached hydrogen (secondary N) is 1. The minimum atomic E-state index is -0.377. The molecule has 7 heteroatoms. The zero-order valence-electron chi connectivity index (χ0n) is 37.5. The molecule has 328 valence electrons. The number of para-hydroxylation sites is 4. The summed E-state index contributed by atoms with van der Waals surface area (Å²) in [5, 5.41) is 13.3. The Morgan fingerprint density at radius 2 is 1.03 bits per heavy atom. The Labute approximate surface area is 405 Å². The summed E-state index contributed by atoms with van der Waals surface area (Å²) in [7, 11) is 0. The molecule has 0 saturated heterocycles. The van der Waals surface area contributed by atoms with Crippen LogP contribution in [-0.2, 0) is 0 Å². The molecule has 0 radical (unpaired) electrons. The van der Waals surface area contributed by atoms with Gasteiger partial charge in [-0.05, 0) is 89.5 Å². The molecule has 4 aromatic heterocycles. The fourth-order valence-electron chi connectivity index (χ4n) is 11.2. The molecule has 5 heterocycles. The molecule has 1 atom stereocenters. The maximum absolute atomic E-state index is 6.70. The van der Waals surface area contributed by atoms with Crippen LogP contribution < -0.4 is 5.32 Å². The van der Waals surface area contributed by atoms with Crippen molar-refractivity contribution in [1.82, 2.24) is 14.5 Å². The van der Waals surface area contributed by atoms with E-state index in [1.54, 1.807) is 0 Å². The van der Waals surface area contributed by atoms with Gasteiger partial charge >= 0.3 is 0 Å². The molecule has 0 saturated carbocycles. The zero-order chi connectivity index (χ0) is 45.9. The second kappa shape index (κ2) is 15.2. The molecular weight excluding hydrogens is 875 g/mol. The second-order valence-electron chi connectivity index (χ2n) is 18.1. The van der Waals surface area contributed by atoms with Gasteiger partial charge in [-0.1, -0.05) is 152 Å². The van der Waals surface area contributed by atoms with Gasteiger partial charge in [0, 0.05) is 69.3 Å².